The molecule has 0 amide bonds. The van der Waals surface area contributed by atoms with E-state index < -0.39 is 5.00 Å². The molecule has 1 heterocycles. The van der Waals surface area contributed by atoms with Crippen LogP contribution in [0.1, 0.15) is 18.4 Å². The van der Waals surface area contributed by atoms with Gasteiger partial charge in [0.05, 0.1) is 0 Å². The Bertz CT molecular complexity index is 425. The number of halogens is 1. The van der Waals surface area contributed by atoms with E-state index in [0.717, 1.165) is 0 Å². The number of rotatable bonds is 2. The summed E-state index contributed by atoms with van der Waals surface area (Å²) >= 11 is 6.54. The lowest BCUT2D eigenvalue weighted by atomic mass is 9.91. The minimum absolute atomic E-state index is 0.138. The molecule has 2 atom stereocenters. The summed E-state index contributed by atoms with van der Waals surface area (Å²) in [5, 5.41) is 3.15. The van der Waals surface area contributed by atoms with Crippen LogP contribution >= 0.6 is 11.6 Å². The molecule has 3 N–H and O–H groups in total. The van der Waals surface area contributed by atoms with Crippen LogP contribution in [-0.2, 0) is 0 Å². The molecule has 0 fully saturated rings. The minimum Gasteiger partial charge on any atom is -0.399 e. The Hall–Kier alpha value is -1.41. The summed E-state index contributed by atoms with van der Waals surface area (Å²) in [7, 11) is 0. The number of alkyl halides is 1. The first kappa shape index (κ1) is 11.1. The maximum absolute atomic E-state index is 6.54. The average Bonchev–Trinajstić information content (AvgIpc) is 2.29. The van der Waals surface area contributed by atoms with Crippen LogP contribution in [0.3, 0.4) is 0 Å². The summed E-state index contributed by atoms with van der Waals surface area (Å²) in [6.45, 7) is 2.08. The number of hydrogen-bond acceptors (Lipinski definition) is 2. The van der Waals surface area contributed by atoms with Crippen LogP contribution < -0.4 is 11.1 Å². The van der Waals surface area contributed by atoms with Gasteiger partial charge >= 0.3 is 0 Å². The molecule has 2 nitrogen and oxygen atoms in total. The van der Waals surface area contributed by atoms with Gasteiger partial charge in [-0.05, 0) is 17.7 Å². The lowest BCUT2D eigenvalue weighted by Gasteiger charge is -2.33. The van der Waals surface area contributed by atoms with Crippen LogP contribution in [0.25, 0.3) is 0 Å². The topological polar surface area (TPSA) is 38.0 Å². The van der Waals surface area contributed by atoms with Gasteiger partial charge in [0.15, 0.2) is 0 Å². The fraction of sp³-hybridized carbons (Fsp3) is 0.231. The van der Waals surface area contributed by atoms with Crippen molar-refractivity contribution in [3.8, 4) is 0 Å². The third-order valence-corrected chi connectivity index (χ3v) is 3.43. The monoisotopic (exact) mass is 234 g/mol. The van der Waals surface area contributed by atoms with Gasteiger partial charge < -0.3 is 11.1 Å². The van der Waals surface area contributed by atoms with Gasteiger partial charge in [0, 0.05) is 17.8 Å². The first-order chi connectivity index (χ1) is 7.62. The molecule has 0 bridgehead atoms. The Morgan fingerprint density at radius 1 is 1.31 bits per heavy atom. The second-order valence-electron chi connectivity index (χ2n) is 4.02. The fourth-order valence-electron chi connectivity index (χ4n) is 1.83. The van der Waals surface area contributed by atoms with Crippen LogP contribution in [0, 0.1) is 0 Å². The lowest BCUT2D eigenvalue weighted by Crippen LogP contribution is -2.41. The van der Waals surface area contributed by atoms with Crippen LogP contribution in [0.5, 0.6) is 0 Å². The molecule has 1 aromatic carbocycles. The Balaban J connectivity index is 2.29. The van der Waals surface area contributed by atoms with Gasteiger partial charge in [0.1, 0.15) is 5.00 Å². The molecule has 1 aliphatic rings. The molecule has 2 unspecified atom stereocenters. The molecule has 0 saturated carbocycles. The third kappa shape index (κ3) is 2.07. The maximum Gasteiger partial charge on any atom is 0.139 e. The first-order valence-electron chi connectivity index (χ1n) is 5.28. The standard InChI is InChI=1S/C13H15ClN2/c1-10(11-5-3-2-4-6-11)13(14)9-12(15)7-8-16-13/h2-10,16H,15H2,1H3. The molecule has 3 heteroatoms. The number of allylic oxidation sites excluding steroid dienone is 1. The Kier molecular flexibility index (Phi) is 2.92. The van der Waals surface area contributed by atoms with Crippen molar-refractivity contribution in [3.05, 3.63) is 59.9 Å². The second-order valence-corrected chi connectivity index (χ2v) is 4.65. The van der Waals surface area contributed by atoms with Crippen molar-refractivity contribution in [1.82, 2.24) is 5.32 Å². The summed E-state index contributed by atoms with van der Waals surface area (Å²) in [5.41, 5.74) is 7.65. The molecule has 16 heavy (non-hydrogen) atoms. The van der Waals surface area contributed by atoms with Crippen LogP contribution in [0.4, 0.5) is 0 Å². The largest absolute Gasteiger partial charge is 0.399 e. The molecule has 0 spiro atoms. The summed E-state index contributed by atoms with van der Waals surface area (Å²) < 4.78 is 0. The maximum atomic E-state index is 6.54. The van der Waals surface area contributed by atoms with Crippen LogP contribution in [-0.4, -0.2) is 5.00 Å². The van der Waals surface area contributed by atoms with Crippen molar-refractivity contribution in [2.75, 3.05) is 0 Å². The Morgan fingerprint density at radius 2 is 2.00 bits per heavy atom. The quantitative estimate of drug-likeness (QED) is 0.610. The van der Waals surface area contributed by atoms with Gasteiger partial charge in [-0.2, -0.15) is 0 Å². The van der Waals surface area contributed by atoms with E-state index in [9.17, 15) is 0 Å². The van der Waals surface area contributed by atoms with Crippen molar-refractivity contribution in [3.63, 3.8) is 0 Å². The van der Waals surface area contributed by atoms with Gasteiger partial charge in [0.2, 0.25) is 0 Å². The van der Waals surface area contributed by atoms with Crippen molar-refractivity contribution < 1.29 is 0 Å². The molecule has 0 saturated heterocycles. The van der Waals surface area contributed by atoms with Gasteiger partial charge in [-0.15, -0.1) is 0 Å². The highest BCUT2D eigenvalue weighted by Crippen LogP contribution is 2.34. The molecule has 0 aromatic heterocycles. The number of nitrogens with one attached hydrogen (secondary N) is 1. The highest BCUT2D eigenvalue weighted by Gasteiger charge is 2.33. The third-order valence-electron chi connectivity index (χ3n) is 2.89. The molecule has 1 aliphatic heterocycles. The molecule has 1 aromatic rings. The summed E-state index contributed by atoms with van der Waals surface area (Å²) in [5.74, 6) is 0.138. The fourth-order valence-corrected chi connectivity index (χ4v) is 2.15. The zero-order valence-corrected chi connectivity index (χ0v) is 9.91. The van der Waals surface area contributed by atoms with E-state index in [-0.39, 0.29) is 5.92 Å². The molecular formula is C13H15ClN2. The van der Waals surface area contributed by atoms with E-state index in [1.807, 2.05) is 24.3 Å². The lowest BCUT2D eigenvalue weighted by molar-refractivity contribution is 0.523. The van der Waals surface area contributed by atoms with Gasteiger partial charge in [-0.3, -0.25) is 0 Å². The van der Waals surface area contributed by atoms with Crippen molar-refractivity contribution in [2.24, 2.45) is 5.73 Å². The van der Waals surface area contributed by atoms with Gasteiger partial charge in [-0.25, -0.2) is 0 Å². The van der Waals surface area contributed by atoms with E-state index in [1.54, 1.807) is 12.3 Å². The summed E-state index contributed by atoms with van der Waals surface area (Å²) in [4.78, 5) is -0.639. The van der Waals surface area contributed by atoms with E-state index in [2.05, 4.69) is 24.4 Å². The summed E-state index contributed by atoms with van der Waals surface area (Å²) in [6.07, 6.45) is 5.45. The SMILES string of the molecule is CC(c1ccccc1)C1(Cl)C=C(N)C=CN1. The minimum atomic E-state index is -0.639. The van der Waals surface area contributed by atoms with E-state index in [0.29, 0.717) is 5.70 Å². The van der Waals surface area contributed by atoms with Crippen LogP contribution in [0.15, 0.2) is 54.4 Å². The molecule has 0 radical (unpaired) electrons. The zero-order chi connectivity index (χ0) is 11.6. The molecular weight excluding hydrogens is 220 g/mol. The van der Waals surface area contributed by atoms with Gasteiger partial charge in [-0.1, -0.05) is 48.9 Å². The number of benzene rings is 1. The second kappa shape index (κ2) is 4.22. The van der Waals surface area contributed by atoms with Crippen LogP contribution in [0.2, 0.25) is 0 Å². The predicted molar refractivity (Wildman–Crippen MR) is 68.0 cm³/mol. The van der Waals surface area contributed by atoms with E-state index in [1.165, 1.54) is 5.56 Å². The number of hydrogen-bond donors (Lipinski definition) is 2. The molecule has 0 aliphatic carbocycles. The Labute approximate surface area is 101 Å². The van der Waals surface area contributed by atoms with Crippen molar-refractivity contribution in [2.45, 2.75) is 17.8 Å². The van der Waals surface area contributed by atoms with Gasteiger partial charge in [0.25, 0.3) is 0 Å². The molecule has 2 rings (SSSR count). The zero-order valence-electron chi connectivity index (χ0n) is 9.15. The molecule has 84 valence electrons. The first-order valence-corrected chi connectivity index (χ1v) is 5.66. The average molecular weight is 235 g/mol. The predicted octanol–water partition coefficient (Wildman–Crippen LogP) is 2.68. The highest BCUT2D eigenvalue weighted by molar-refractivity contribution is 6.25. The summed E-state index contributed by atoms with van der Waals surface area (Å²) in [6, 6.07) is 10.2. The highest BCUT2D eigenvalue weighted by atomic mass is 35.5. The Morgan fingerprint density at radius 3 is 2.62 bits per heavy atom. The van der Waals surface area contributed by atoms with Crippen molar-refractivity contribution in [1.29, 1.82) is 0 Å². The normalized spacial score (nSPS) is 25.8. The van der Waals surface area contributed by atoms with Crippen molar-refractivity contribution >= 4 is 11.6 Å². The smallest absolute Gasteiger partial charge is 0.139 e. The number of dihydropyridines is 1. The van der Waals surface area contributed by atoms with E-state index in [4.69, 9.17) is 17.3 Å². The number of nitrogens with two attached hydrogens (primary N) is 1. The van der Waals surface area contributed by atoms with E-state index >= 15 is 0 Å².